The normalized spacial score (nSPS) is 9.96. The van der Waals surface area contributed by atoms with E-state index in [1.807, 2.05) is 36.4 Å². The molecule has 5 nitrogen and oxygen atoms in total. The minimum absolute atomic E-state index is 0.440. The molecule has 0 radical (unpaired) electrons. The van der Waals surface area contributed by atoms with Gasteiger partial charge in [0, 0.05) is 23.5 Å². The molecule has 0 aliphatic heterocycles. The summed E-state index contributed by atoms with van der Waals surface area (Å²) < 4.78 is 5.62. The summed E-state index contributed by atoms with van der Waals surface area (Å²) >= 11 is 0. The number of rotatable bonds is 8. The lowest BCUT2D eigenvalue weighted by atomic mass is 10.2. The zero-order chi connectivity index (χ0) is 16.5. The van der Waals surface area contributed by atoms with E-state index >= 15 is 0 Å². The molecule has 0 heterocycles. The van der Waals surface area contributed by atoms with E-state index in [0.717, 1.165) is 17.0 Å². The summed E-state index contributed by atoms with van der Waals surface area (Å²) in [5, 5.41) is 14.7. The van der Waals surface area contributed by atoms with Crippen molar-refractivity contribution in [3.8, 4) is 5.75 Å². The zero-order valence-electron chi connectivity index (χ0n) is 12.8. The van der Waals surface area contributed by atoms with E-state index in [-0.39, 0.29) is 0 Å². The molecule has 0 saturated carbocycles. The number of hydrogen-bond acceptors (Lipinski definition) is 4. The van der Waals surface area contributed by atoms with Gasteiger partial charge < -0.3 is 20.5 Å². The predicted molar refractivity (Wildman–Crippen MR) is 91.6 cm³/mol. The molecule has 120 valence electrons. The molecule has 0 saturated heterocycles. The van der Waals surface area contributed by atoms with Crippen molar-refractivity contribution in [1.82, 2.24) is 0 Å². The van der Waals surface area contributed by atoms with Crippen LogP contribution in [0.2, 0.25) is 0 Å². The Morgan fingerprint density at radius 3 is 2.74 bits per heavy atom. The Hall–Kier alpha value is -2.79. The number of benzene rings is 2. The molecular weight excluding hydrogens is 292 g/mol. The third kappa shape index (κ3) is 5.16. The number of carbonyl (C=O) groups excluding carboxylic acids is 1. The van der Waals surface area contributed by atoms with Gasteiger partial charge in [0.05, 0.1) is 0 Å². The second kappa shape index (κ2) is 8.60. The number of nitrogens with one attached hydrogen (secondary N) is 2. The number of hydrogen-bond donors (Lipinski definition) is 3. The van der Waals surface area contributed by atoms with Crippen LogP contribution in [-0.2, 0) is 11.3 Å². The van der Waals surface area contributed by atoms with Crippen LogP contribution in [0.4, 0.5) is 11.4 Å². The highest BCUT2D eigenvalue weighted by Crippen LogP contribution is 2.21. The number of carbonyl (C=O) groups is 1. The third-order valence-electron chi connectivity index (χ3n) is 3.10. The highest BCUT2D eigenvalue weighted by atomic mass is 16.5. The van der Waals surface area contributed by atoms with Crippen LogP contribution in [0.25, 0.3) is 0 Å². The summed E-state index contributed by atoms with van der Waals surface area (Å²) in [7, 11) is 0. The standard InChI is InChI=1S/C18H20N2O3/c1-2-10-23-17-9-4-3-6-14(17)12-19-15-7-5-8-16(11-15)20-18(22)13-21/h2-9,11,19,21H,1,10,12-13H2,(H,20,22). The van der Waals surface area contributed by atoms with E-state index in [9.17, 15) is 4.79 Å². The van der Waals surface area contributed by atoms with E-state index in [2.05, 4.69) is 17.2 Å². The first-order valence-corrected chi connectivity index (χ1v) is 7.29. The molecule has 0 bridgehead atoms. The lowest BCUT2D eigenvalue weighted by Crippen LogP contribution is -2.15. The molecule has 0 fully saturated rings. The van der Waals surface area contributed by atoms with E-state index in [1.165, 1.54) is 0 Å². The number of anilines is 2. The number of ether oxygens (including phenoxy) is 1. The molecule has 0 unspecified atom stereocenters. The Morgan fingerprint density at radius 1 is 1.17 bits per heavy atom. The molecule has 2 aromatic rings. The second-order valence-corrected chi connectivity index (χ2v) is 4.85. The van der Waals surface area contributed by atoms with E-state index in [4.69, 9.17) is 9.84 Å². The van der Waals surface area contributed by atoms with Crippen molar-refractivity contribution in [3.05, 3.63) is 66.7 Å². The summed E-state index contributed by atoms with van der Waals surface area (Å²) in [4.78, 5) is 11.2. The molecule has 0 aliphatic carbocycles. The maximum absolute atomic E-state index is 11.2. The average Bonchev–Trinajstić information content (AvgIpc) is 2.59. The average molecular weight is 312 g/mol. The Bertz CT molecular complexity index is 671. The Morgan fingerprint density at radius 2 is 1.96 bits per heavy atom. The van der Waals surface area contributed by atoms with Gasteiger partial charge in [0.1, 0.15) is 19.0 Å². The van der Waals surface area contributed by atoms with Crippen LogP contribution in [0.15, 0.2) is 61.2 Å². The molecule has 23 heavy (non-hydrogen) atoms. The first-order chi connectivity index (χ1) is 11.2. The number of aliphatic hydroxyl groups is 1. The first-order valence-electron chi connectivity index (χ1n) is 7.29. The van der Waals surface area contributed by atoms with E-state index < -0.39 is 12.5 Å². The largest absolute Gasteiger partial charge is 0.489 e. The van der Waals surface area contributed by atoms with Crippen molar-refractivity contribution in [2.24, 2.45) is 0 Å². The maximum Gasteiger partial charge on any atom is 0.250 e. The topological polar surface area (TPSA) is 70.6 Å². The molecule has 1 amide bonds. The van der Waals surface area contributed by atoms with Gasteiger partial charge >= 0.3 is 0 Å². The fraction of sp³-hybridized carbons (Fsp3) is 0.167. The SMILES string of the molecule is C=CCOc1ccccc1CNc1cccc(NC(=O)CO)c1. The van der Waals surface area contributed by atoms with Crippen molar-refractivity contribution in [2.45, 2.75) is 6.54 Å². The van der Waals surface area contributed by atoms with Crippen molar-refractivity contribution in [1.29, 1.82) is 0 Å². The summed E-state index contributed by atoms with van der Waals surface area (Å²) in [6, 6.07) is 15.1. The minimum atomic E-state index is -0.536. The van der Waals surface area contributed by atoms with Crippen LogP contribution in [-0.4, -0.2) is 24.2 Å². The van der Waals surface area contributed by atoms with Crippen molar-refractivity contribution < 1.29 is 14.6 Å². The quantitative estimate of drug-likeness (QED) is 0.656. The number of amides is 1. The summed E-state index contributed by atoms with van der Waals surface area (Å²) in [6.45, 7) is 4.16. The molecule has 2 rings (SSSR count). The predicted octanol–water partition coefficient (Wildman–Crippen LogP) is 2.79. The summed E-state index contributed by atoms with van der Waals surface area (Å²) in [5.41, 5.74) is 2.52. The number of para-hydroxylation sites is 1. The van der Waals surface area contributed by atoms with Crippen LogP contribution < -0.4 is 15.4 Å². The van der Waals surface area contributed by atoms with Crippen LogP contribution in [0.5, 0.6) is 5.75 Å². The van der Waals surface area contributed by atoms with Gasteiger partial charge in [-0.2, -0.15) is 0 Å². The fourth-order valence-electron chi connectivity index (χ4n) is 2.04. The maximum atomic E-state index is 11.2. The van der Waals surface area contributed by atoms with E-state index in [1.54, 1.807) is 18.2 Å². The second-order valence-electron chi connectivity index (χ2n) is 4.85. The van der Waals surface area contributed by atoms with Gasteiger partial charge in [0.2, 0.25) is 5.91 Å². The van der Waals surface area contributed by atoms with Crippen LogP contribution in [0.3, 0.4) is 0 Å². The van der Waals surface area contributed by atoms with Gasteiger partial charge in [-0.3, -0.25) is 4.79 Å². The molecule has 2 aromatic carbocycles. The Balaban J connectivity index is 2.02. The Labute approximate surface area is 135 Å². The summed E-state index contributed by atoms with van der Waals surface area (Å²) in [5.74, 6) is 0.370. The fourth-order valence-corrected chi connectivity index (χ4v) is 2.04. The molecule has 0 aliphatic rings. The molecule has 5 heteroatoms. The van der Waals surface area contributed by atoms with Crippen LogP contribution in [0, 0.1) is 0 Å². The number of aliphatic hydroxyl groups excluding tert-OH is 1. The molecule has 0 spiro atoms. The van der Waals surface area contributed by atoms with Gasteiger partial charge in [-0.05, 0) is 24.3 Å². The monoisotopic (exact) mass is 312 g/mol. The molecule has 0 atom stereocenters. The van der Waals surface area contributed by atoms with Gasteiger partial charge in [-0.1, -0.05) is 36.9 Å². The van der Waals surface area contributed by atoms with Crippen molar-refractivity contribution in [3.63, 3.8) is 0 Å². The van der Waals surface area contributed by atoms with Crippen molar-refractivity contribution >= 4 is 17.3 Å². The summed E-state index contributed by atoms with van der Waals surface area (Å²) in [6.07, 6.45) is 1.71. The highest BCUT2D eigenvalue weighted by Gasteiger charge is 2.04. The smallest absolute Gasteiger partial charge is 0.250 e. The molecular formula is C18H20N2O3. The van der Waals surface area contributed by atoms with E-state index in [0.29, 0.717) is 18.8 Å². The molecule has 0 aromatic heterocycles. The third-order valence-corrected chi connectivity index (χ3v) is 3.10. The zero-order valence-corrected chi connectivity index (χ0v) is 12.8. The Kier molecular flexibility index (Phi) is 6.20. The van der Waals surface area contributed by atoms with Gasteiger partial charge in [-0.25, -0.2) is 0 Å². The molecule has 3 N–H and O–H groups in total. The highest BCUT2D eigenvalue weighted by molar-refractivity contribution is 5.91. The van der Waals surface area contributed by atoms with Crippen LogP contribution >= 0.6 is 0 Å². The van der Waals surface area contributed by atoms with Gasteiger partial charge in [-0.15, -0.1) is 0 Å². The van der Waals surface area contributed by atoms with Crippen molar-refractivity contribution in [2.75, 3.05) is 23.8 Å². The lowest BCUT2D eigenvalue weighted by molar-refractivity contribution is -0.118. The first kappa shape index (κ1) is 16.6. The van der Waals surface area contributed by atoms with Crippen LogP contribution in [0.1, 0.15) is 5.56 Å². The minimum Gasteiger partial charge on any atom is -0.489 e. The lowest BCUT2D eigenvalue weighted by Gasteiger charge is -2.12. The van der Waals surface area contributed by atoms with Gasteiger partial charge in [0.15, 0.2) is 0 Å². The van der Waals surface area contributed by atoms with Gasteiger partial charge in [0.25, 0.3) is 0 Å².